The molecule has 6 aromatic rings. The molecule has 0 amide bonds. The van der Waals surface area contributed by atoms with Gasteiger partial charge < -0.3 is 9.47 Å². The lowest BCUT2D eigenvalue weighted by atomic mass is 10.3. The van der Waals surface area contributed by atoms with Crippen LogP contribution in [0.25, 0.3) is 31.7 Å². The van der Waals surface area contributed by atoms with Crippen LogP contribution in [0.4, 0.5) is 8.78 Å². The molecule has 0 saturated heterocycles. The molecule has 0 aliphatic rings. The summed E-state index contributed by atoms with van der Waals surface area (Å²) in [6, 6.07) is 12.9. The number of methoxy groups -OCH3 is 2. The molecule has 0 unspecified atom stereocenters. The summed E-state index contributed by atoms with van der Waals surface area (Å²) >= 11 is 5.95. The van der Waals surface area contributed by atoms with Crippen LogP contribution in [0.1, 0.15) is 21.0 Å². The highest BCUT2D eigenvalue weighted by Gasteiger charge is 2.12. The zero-order chi connectivity index (χ0) is 32.2. The third-order valence-corrected chi connectivity index (χ3v) is 7.68. The van der Waals surface area contributed by atoms with Gasteiger partial charge in [-0.2, -0.15) is 0 Å². The third kappa shape index (κ3) is 9.56. The number of hydrogen-bond acceptors (Lipinski definition) is 12. The van der Waals surface area contributed by atoms with Gasteiger partial charge in [0, 0.05) is 41.3 Å². The van der Waals surface area contributed by atoms with E-state index in [1.54, 1.807) is 61.2 Å². The number of rotatable bonds is 5. The van der Waals surface area contributed by atoms with Crippen molar-refractivity contribution in [1.29, 1.82) is 0 Å². The monoisotopic (exact) mass is 710 g/mol. The van der Waals surface area contributed by atoms with E-state index in [0.717, 1.165) is 21.6 Å². The number of carbonyl (C=O) groups excluding carboxylic acids is 2. The summed E-state index contributed by atoms with van der Waals surface area (Å²) < 4.78 is 35.6. The number of esters is 2. The molecule has 45 heavy (non-hydrogen) atoms. The van der Waals surface area contributed by atoms with E-state index in [-0.39, 0.29) is 11.5 Å². The number of ether oxygens (including phenoxy) is 2. The van der Waals surface area contributed by atoms with E-state index in [9.17, 15) is 18.4 Å². The molecular formula is C30H21BrF2N6O4S2. The second kappa shape index (κ2) is 16.3. The molecule has 0 fully saturated rings. The molecule has 6 heterocycles. The first-order chi connectivity index (χ1) is 21.8. The Kier molecular flexibility index (Phi) is 12.0. The van der Waals surface area contributed by atoms with Crippen LogP contribution in [0.5, 0.6) is 0 Å². The summed E-state index contributed by atoms with van der Waals surface area (Å²) in [7, 11) is 2.63. The van der Waals surface area contributed by atoms with Gasteiger partial charge in [-0.15, -0.1) is 22.7 Å². The van der Waals surface area contributed by atoms with Crippen LogP contribution in [-0.4, -0.2) is 56.1 Å². The molecule has 0 atom stereocenters. The van der Waals surface area contributed by atoms with Crippen LogP contribution in [0, 0.1) is 11.6 Å². The Balaban J connectivity index is 0.000000169. The molecule has 6 aromatic heterocycles. The van der Waals surface area contributed by atoms with E-state index in [0.29, 0.717) is 26.6 Å². The first-order valence-corrected chi connectivity index (χ1v) is 15.1. The van der Waals surface area contributed by atoms with Crippen molar-refractivity contribution in [1.82, 2.24) is 29.9 Å². The minimum Gasteiger partial charge on any atom is -0.464 e. The number of pyridine rings is 4. The van der Waals surface area contributed by atoms with E-state index in [4.69, 9.17) is 0 Å². The van der Waals surface area contributed by atoms with Gasteiger partial charge in [-0.05, 0) is 52.3 Å². The van der Waals surface area contributed by atoms with Crippen LogP contribution in [0.3, 0.4) is 0 Å². The first-order valence-electron chi connectivity index (χ1n) is 12.6. The smallest absolute Gasteiger partial charge is 0.356 e. The Bertz CT molecular complexity index is 1890. The largest absolute Gasteiger partial charge is 0.464 e. The van der Waals surface area contributed by atoms with Crippen molar-refractivity contribution < 1.29 is 27.8 Å². The second-order valence-corrected chi connectivity index (χ2v) is 11.1. The molecule has 15 heteroatoms. The molecule has 0 N–H and O–H groups in total. The lowest BCUT2D eigenvalue weighted by Gasteiger charge is -2.00. The fourth-order valence-electron chi connectivity index (χ4n) is 3.37. The van der Waals surface area contributed by atoms with E-state index in [1.165, 1.54) is 55.2 Å². The van der Waals surface area contributed by atoms with Gasteiger partial charge in [-0.25, -0.2) is 38.3 Å². The summed E-state index contributed by atoms with van der Waals surface area (Å²) in [5.41, 5.74) is 2.46. The first kappa shape index (κ1) is 33.0. The van der Waals surface area contributed by atoms with Crippen molar-refractivity contribution in [3.8, 4) is 31.7 Å². The van der Waals surface area contributed by atoms with Crippen molar-refractivity contribution in [3.63, 3.8) is 0 Å². The number of thiazole rings is 2. The van der Waals surface area contributed by atoms with Gasteiger partial charge >= 0.3 is 11.9 Å². The minimum atomic E-state index is -0.499. The number of halogens is 3. The fourth-order valence-corrected chi connectivity index (χ4v) is 5.20. The van der Waals surface area contributed by atoms with Gasteiger partial charge in [-0.1, -0.05) is 12.1 Å². The normalized spacial score (nSPS) is 10.1. The number of carbonyl (C=O) groups is 2. The van der Waals surface area contributed by atoms with Crippen LogP contribution in [0.2, 0.25) is 0 Å². The predicted octanol–water partition coefficient (Wildman–Crippen LogP) is 7.17. The molecule has 0 radical (unpaired) electrons. The Hall–Kier alpha value is -4.86. The van der Waals surface area contributed by atoms with Crippen LogP contribution >= 0.6 is 38.6 Å². The molecule has 0 aliphatic carbocycles. The molecule has 0 aromatic carbocycles. The fraction of sp³-hybridized carbons (Fsp3) is 0.0667. The predicted molar refractivity (Wildman–Crippen MR) is 168 cm³/mol. The Morgan fingerprint density at radius 1 is 0.756 bits per heavy atom. The molecule has 0 aliphatic heterocycles. The zero-order valence-electron chi connectivity index (χ0n) is 23.4. The van der Waals surface area contributed by atoms with Crippen molar-refractivity contribution in [2.45, 2.75) is 0 Å². The molecule has 0 spiro atoms. The average molecular weight is 712 g/mol. The van der Waals surface area contributed by atoms with Gasteiger partial charge in [0.05, 0.1) is 37.2 Å². The highest BCUT2D eigenvalue weighted by atomic mass is 79.9. The zero-order valence-corrected chi connectivity index (χ0v) is 26.6. The molecule has 6 rings (SSSR count). The number of hydrogen-bond donors (Lipinski definition) is 0. The van der Waals surface area contributed by atoms with Crippen LogP contribution < -0.4 is 0 Å². The number of nitrogens with zero attached hydrogens (tertiary/aromatic N) is 6. The van der Waals surface area contributed by atoms with Gasteiger partial charge in [0.15, 0.2) is 0 Å². The quantitative estimate of drug-likeness (QED) is 0.134. The molecule has 0 saturated carbocycles. The molecule has 10 nitrogen and oxygen atoms in total. The summed E-state index contributed by atoms with van der Waals surface area (Å²) in [5, 5.41) is 3.27. The van der Waals surface area contributed by atoms with Crippen LogP contribution in [0.15, 0.2) is 95.7 Å². The SMILES string of the molecule is COC(=O)c1cccc(-c2cnc(-c3cncc(F)c3)s2)n1.COC(=O)c1cccc(Br)n1.Fc1cncc(-c2nccs2)c1. The van der Waals surface area contributed by atoms with E-state index < -0.39 is 17.8 Å². The van der Waals surface area contributed by atoms with Crippen molar-refractivity contribution in [3.05, 3.63) is 119 Å². The van der Waals surface area contributed by atoms with Gasteiger partial charge in [0.25, 0.3) is 0 Å². The molecular weight excluding hydrogens is 690 g/mol. The standard InChI is InChI=1S/C15H10FN3O2S.C8H5FN2S.C7H6BrNO2/c1-21-15(20)12-4-2-3-11(19-12)13-8-18-14(22-13)9-5-10(16)7-17-6-9;9-7-3-6(4-10-5-7)8-11-1-2-12-8;1-11-7(10)5-3-2-4-6(8)9-5/h2-8H,1H3;1-5H;2-4H,1H3. The van der Waals surface area contributed by atoms with Gasteiger partial charge in [-0.3, -0.25) is 9.97 Å². The highest BCUT2D eigenvalue weighted by Crippen LogP contribution is 2.31. The number of aromatic nitrogens is 6. The molecule has 228 valence electrons. The second-order valence-electron chi connectivity index (χ2n) is 8.39. The Morgan fingerprint density at radius 3 is 1.91 bits per heavy atom. The maximum Gasteiger partial charge on any atom is 0.356 e. The summed E-state index contributed by atoms with van der Waals surface area (Å²) in [4.78, 5) is 47.1. The van der Waals surface area contributed by atoms with Crippen molar-refractivity contribution in [2.24, 2.45) is 0 Å². The van der Waals surface area contributed by atoms with Crippen molar-refractivity contribution >= 4 is 50.5 Å². The minimum absolute atomic E-state index is 0.224. The highest BCUT2D eigenvalue weighted by molar-refractivity contribution is 9.10. The summed E-state index contributed by atoms with van der Waals surface area (Å²) in [6.45, 7) is 0. The van der Waals surface area contributed by atoms with Gasteiger partial charge in [0.1, 0.15) is 37.6 Å². The maximum absolute atomic E-state index is 13.2. The lowest BCUT2D eigenvalue weighted by molar-refractivity contribution is 0.0585. The molecule has 0 bridgehead atoms. The topological polar surface area (TPSA) is 130 Å². The summed E-state index contributed by atoms with van der Waals surface area (Å²) in [6.07, 6.45) is 8.78. The maximum atomic E-state index is 13.2. The summed E-state index contributed by atoms with van der Waals surface area (Å²) in [5.74, 6) is -1.67. The van der Waals surface area contributed by atoms with Gasteiger partial charge in [0.2, 0.25) is 0 Å². The van der Waals surface area contributed by atoms with E-state index in [2.05, 4.69) is 55.3 Å². The van der Waals surface area contributed by atoms with Crippen LogP contribution in [-0.2, 0) is 9.47 Å². The third-order valence-electron chi connectivity index (χ3n) is 5.35. The van der Waals surface area contributed by atoms with E-state index >= 15 is 0 Å². The Morgan fingerprint density at radius 2 is 1.36 bits per heavy atom. The van der Waals surface area contributed by atoms with E-state index in [1.807, 2.05) is 5.38 Å². The van der Waals surface area contributed by atoms with Crippen molar-refractivity contribution in [2.75, 3.05) is 14.2 Å². The lowest BCUT2D eigenvalue weighted by Crippen LogP contribution is -2.04. The average Bonchev–Trinajstić information content (AvgIpc) is 3.79. The Labute approximate surface area is 272 Å².